The van der Waals surface area contributed by atoms with Gasteiger partial charge in [-0.05, 0) is 18.2 Å². The van der Waals surface area contributed by atoms with Crippen LogP contribution in [0.2, 0.25) is 10.2 Å². The van der Waals surface area contributed by atoms with Crippen molar-refractivity contribution in [3.63, 3.8) is 0 Å². The van der Waals surface area contributed by atoms with Crippen molar-refractivity contribution in [2.24, 2.45) is 0 Å². The Morgan fingerprint density at radius 3 is 2.81 bits per heavy atom. The van der Waals surface area contributed by atoms with E-state index in [1.165, 1.54) is 18.1 Å². The first-order valence-electron chi connectivity index (χ1n) is 4.45. The number of halogens is 2. The Balaban J connectivity index is 2.08. The third-order valence-electron chi connectivity index (χ3n) is 1.80. The van der Waals surface area contributed by atoms with E-state index in [-0.39, 0.29) is 0 Å². The van der Waals surface area contributed by atoms with Crippen LogP contribution in [-0.2, 0) is 5.75 Å². The van der Waals surface area contributed by atoms with Gasteiger partial charge < -0.3 is 0 Å². The quantitative estimate of drug-likeness (QED) is 0.487. The fourth-order valence-corrected chi connectivity index (χ4v) is 2.26. The lowest BCUT2D eigenvalue weighted by Gasteiger charge is -2.02. The van der Waals surface area contributed by atoms with Gasteiger partial charge in [-0.25, -0.2) is 15.0 Å². The molecular weight excluding hydrogens is 265 g/mol. The molecule has 0 radical (unpaired) electrons. The van der Waals surface area contributed by atoms with Gasteiger partial charge in [0.05, 0.1) is 15.7 Å². The van der Waals surface area contributed by atoms with Gasteiger partial charge in [0, 0.05) is 11.9 Å². The molecule has 0 spiro atoms. The number of hydrogen-bond donors (Lipinski definition) is 0. The van der Waals surface area contributed by atoms with Gasteiger partial charge in [-0.1, -0.05) is 35.0 Å². The van der Waals surface area contributed by atoms with E-state index in [1.54, 1.807) is 18.3 Å². The molecule has 0 atom stereocenters. The largest absolute Gasteiger partial charge is 0.245 e. The molecule has 0 saturated carbocycles. The number of thioether (sulfide) groups is 1. The fourth-order valence-electron chi connectivity index (χ4n) is 1.07. The summed E-state index contributed by atoms with van der Waals surface area (Å²) in [5.41, 5.74) is 0.762. The maximum atomic E-state index is 6.00. The van der Waals surface area contributed by atoms with Gasteiger partial charge in [0.1, 0.15) is 11.5 Å². The first-order chi connectivity index (χ1) is 7.75. The van der Waals surface area contributed by atoms with Crippen LogP contribution in [0.1, 0.15) is 5.69 Å². The zero-order chi connectivity index (χ0) is 11.4. The summed E-state index contributed by atoms with van der Waals surface area (Å²) in [5.74, 6) is 0.635. The van der Waals surface area contributed by atoms with Gasteiger partial charge in [-0.15, -0.1) is 0 Å². The molecule has 0 fully saturated rings. The van der Waals surface area contributed by atoms with Gasteiger partial charge >= 0.3 is 0 Å². The Morgan fingerprint density at radius 1 is 1.19 bits per heavy atom. The van der Waals surface area contributed by atoms with Gasteiger partial charge in [-0.2, -0.15) is 0 Å². The minimum atomic E-state index is 0.447. The first kappa shape index (κ1) is 11.6. The summed E-state index contributed by atoms with van der Waals surface area (Å²) in [6.45, 7) is 0. The summed E-state index contributed by atoms with van der Waals surface area (Å²) in [5, 5.41) is 1.95. The van der Waals surface area contributed by atoms with E-state index >= 15 is 0 Å². The molecule has 2 heterocycles. The smallest absolute Gasteiger partial charge is 0.129 e. The summed E-state index contributed by atoms with van der Waals surface area (Å²) in [7, 11) is 0. The van der Waals surface area contributed by atoms with Crippen molar-refractivity contribution in [3.05, 3.63) is 46.6 Å². The molecule has 0 N–H and O–H groups in total. The molecular formula is C10H7Cl2N3S. The van der Waals surface area contributed by atoms with Crippen molar-refractivity contribution in [2.75, 3.05) is 0 Å². The van der Waals surface area contributed by atoms with Crippen molar-refractivity contribution >= 4 is 35.0 Å². The van der Waals surface area contributed by atoms with Crippen LogP contribution < -0.4 is 0 Å². The Hall–Kier alpha value is -0.840. The van der Waals surface area contributed by atoms with E-state index in [1.807, 2.05) is 6.07 Å². The van der Waals surface area contributed by atoms with Crippen LogP contribution in [0, 0.1) is 0 Å². The topological polar surface area (TPSA) is 38.7 Å². The van der Waals surface area contributed by atoms with E-state index < -0.39 is 0 Å². The lowest BCUT2D eigenvalue weighted by molar-refractivity contribution is 1.04. The second-order valence-electron chi connectivity index (χ2n) is 2.90. The molecule has 0 amide bonds. The Morgan fingerprint density at radius 2 is 2.06 bits per heavy atom. The normalized spacial score (nSPS) is 10.4. The van der Waals surface area contributed by atoms with Crippen molar-refractivity contribution in [1.82, 2.24) is 15.0 Å². The molecule has 0 aliphatic carbocycles. The summed E-state index contributed by atoms with van der Waals surface area (Å²) < 4.78 is 0. The third kappa shape index (κ3) is 3.07. The monoisotopic (exact) mass is 271 g/mol. The molecule has 0 aliphatic rings. The predicted octanol–water partition coefficient (Wildman–Crippen LogP) is 3.47. The summed E-state index contributed by atoms with van der Waals surface area (Å²) in [6.07, 6.45) is 3.21. The van der Waals surface area contributed by atoms with Gasteiger partial charge in [0.2, 0.25) is 0 Å². The SMILES string of the molecule is Clc1ccc(Cl)c(CSc2ccncn2)n1. The van der Waals surface area contributed by atoms with E-state index in [4.69, 9.17) is 23.2 Å². The number of pyridine rings is 1. The van der Waals surface area contributed by atoms with Crippen molar-refractivity contribution in [2.45, 2.75) is 10.8 Å². The van der Waals surface area contributed by atoms with Crippen LogP contribution >= 0.6 is 35.0 Å². The minimum absolute atomic E-state index is 0.447. The molecule has 0 bridgehead atoms. The lowest BCUT2D eigenvalue weighted by Crippen LogP contribution is -1.90. The third-order valence-corrected chi connectivity index (χ3v) is 3.31. The Bertz CT molecular complexity index is 479. The molecule has 16 heavy (non-hydrogen) atoms. The zero-order valence-electron chi connectivity index (χ0n) is 8.10. The number of aromatic nitrogens is 3. The number of rotatable bonds is 3. The van der Waals surface area contributed by atoms with Crippen LogP contribution in [0.3, 0.4) is 0 Å². The number of nitrogens with zero attached hydrogens (tertiary/aromatic N) is 3. The van der Waals surface area contributed by atoms with Crippen LogP contribution in [-0.4, -0.2) is 15.0 Å². The molecule has 2 aromatic heterocycles. The van der Waals surface area contributed by atoms with Crippen LogP contribution in [0.5, 0.6) is 0 Å². The maximum Gasteiger partial charge on any atom is 0.129 e. The molecule has 0 aliphatic heterocycles. The predicted molar refractivity (Wildman–Crippen MR) is 65.9 cm³/mol. The molecule has 0 unspecified atom stereocenters. The molecule has 0 aromatic carbocycles. The molecule has 3 nitrogen and oxygen atoms in total. The second-order valence-corrected chi connectivity index (χ2v) is 4.69. The molecule has 2 aromatic rings. The van der Waals surface area contributed by atoms with E-state index in [9.17, 15) is 0 Å². The highest BCUT2D eigenvalue weighted by molar-refractivity contribution is 7.98. The minimum Gasteiger partial charge on any atom is -0.245 e. The van der Waals surface area contributed by atoms with Crippen LogP contribution in [0.15, 0.2) is 35.7 Å². The standard InChI is InChI=1S/C10H7Cl2N3S/c11-7-1-2-9(12)15-8(7)5-16-10-3-4-13-6-14-10/h1-4,6H,5H2. The zero-order valence-corrected chi connectivity index (χ0v) is 10.4. The lowest BCUT2D eigenvalue weighted by atomic mass is 10.4. The van der Waals surface area contributed by atoms with Crippen LogP contribution in [0.25, 0.3) is 0 Å². The highest BCUT2D eigenvalue weighted by atomic mass is 35.5. The van der Waals surface area contributed by atoms with E-state index in [0.717, 1.165) is 10.7 Å². The average Bonchev–Trinajstić information content (AvgIpc) is 2.32. The Kier molecular flexibility index (Phi) is 3.98. The Labute approximate surface area is 107 Å². The first-order valence-corrected chi connectivity index (χ1v) is 6.19. The average molecular weight is 272 g/mol. The van der Waals surface area contributed by atoms with Gasteiger partial charge in [0.25, 0.3) is 0 Å². The summed E-state index contributed by atoms with van der Waals surface area (Å²) in [4.78, 5) is 12.1. The number of hydrogen-bond acceptors (Lipinski definition) is 4. The fraction of sp³-hybridized carbons (Fsp3) is 0.100. The molecule has 0 saturated heterocycles. The molecule has 2 rings (SSSR count). The van der Waals surface area contributed by atoms with Crippen molar-refractivity contribution in [1.29, 1.82) is 0 Å². The highest BCUT2D eigenvalue weighted by Gasteiger charge is 2.04. The van der Waals surface area contributed by atoms with Gasteiger partial charge in [-0.3, -0.25) is 0 Å². The summed E-state index contributed by atoms with van der Waals surface area (Å²) >= 11 is 13.3. The van der Waals surface area contributed by atoms with Crippen molar-refractivity contribution < 1.29 is 0 Å². The summed E-state index contributed by atoms with van der Waals surface area (Å²) in [6, 6.07) is 5.25. The molecule has 6 heteroatoms. The van der Waals surface area contributed by atoms with Gasteiger partial charge in [0.15, 0.2) is 0 Å². The van der Waals surface area contributed by atoms with E-state index in [0.29, 0.717) is 15.9 Å². The second kappa shape index (κ2) is 5.48. The van der Waals surface area contributed by atoms with Crippen molar-refractivity contribution in [3.8, 4) is 0 Å². The van der Waals surface area contributed by atoms with E-state index in [2.05, 4.69) is 15.0 Å². The van der Waals surface area contributed by atoms with Crippen LogP contribution in [0.4, 0.5) is 0 Å². The highest BCUT2D eigenvalue weighted by Crippen LogP contribution is 2.24. The maximum absolute atomic E-state index is 6.00. The molecule has 82 valence electrons.